The van der Waals surface area contributed by atoms with Gasteiger partial charge in [0.2, 0.25) is 11.8 Å². The molecule has 9 nitrogen and oxygen atoms in total. The van der Waals surface area contributed by atoms with Crippen LogP contribution in [0, 0.1) is 0 Å². The molecule has 2 saturated heterocycles. The largest absolute Gasteiger partial charge is 0.477 e. The maximum Gasteiger partial charge on any atom is 0.352 e. The summed E-state index contributed by atoms with van der Waals surface area (Å²) in [6.07, 6.45) is 7.04. The van der Waals surface area contributed by atoms with Gasteiger partial charge >= 0.3 is 5.97 Å². The number of aromatic amines is 1. The third-order valence-electron chi connectivity index (χ3n) is 4.87. The number of aromatic carboxylic acids is 1. The van der Waals surface area contributed by atoms with E-state index in [0.717, 1.165) is 44.7 Å². The molecule has 0 atom stereocenters. The maximum absolute atomic E-state index is 11.4. The van der Waals surface area contributed by atoms with Gasteiger partial charge in [0.15, 0.2) is 0 Å². The quantitative estimate of drug-likeness (QED) is 0.722. The summed E-state index contributed by atoms with van der Waals surface area (Å²) in [5.74, 6) is 0.234. The highest BCUT2D eigenvalue weighted by molar-refractivity contribution is 5.85. The first-order valence-electron chi connectivity index (χ1n) is 9.35. The van der Waals surface area contributed by atoms with Gasteiger partial charge in [-0.1, -0.05) is 0 Å². The SMILES string of the molecule is CC(=O)N1CCC(c2nccnc2OC2CNC2)CC1.O=C(O)c1ccc[nH]1. The lowest BCUT2D eigenvalue weighted by Gasteiger charge is -2.32. The fourth-order valence-corrected chi connectivity index (χ4v) is 3.14. The summed E-state index contributed by atoms with van der Waals surface area (Å²) in [6, 6.07) is 3.14. The number of rotatable bonds is 4. The second-order valence-corrected chi connectivity index (χ2v) is 6.81. The van der Waals surface area contributed by atoms with E-state index in [0.29, 0.717) is 11.8 Å². The molecule has 3 N–H and O–H groups in total. The molecule has 2 aromatic rings. The van der Waals surface area contributed by atoms with Gasteiger partial charge in [-0.25, -0.2) is 9.78 Å². The van der Waals surface area contributed by atoms with Crippen molar-refractivity contribution in [2.75, 3.05) is 26.2 Å². The van der Waals surface area contributed by atoms with E-state index in [-0.39, 0.29) is 17.7 Å². The van der Waals surface area contributed by atoms with Crippen molar-refractivity contribution in [1.82, 2.24) is 25.2 Å². The predicted octanol–water partition coefficient (Wildman–Crippen LogP) is 1.27. The van der Waals surface area contributed by atoms with Gasteiger partial charge in [-0.15, -0.1) is 0 Å². The number of hydrogen-bond acceptors (Lipinski definition) is 6. The Morgan fingerprint density at radius 2 is 1.93 bits per heavy atom. The molecule has 0 bridgehead atoms. The van der Waals surface area contributed by atoms with E-state index >= 15 is 0 Å². The Balaban J connectivity index is 0.000000236. The molecule has 2 aliphatic rings. The van der Waals surface area contributed by atoms with E-state index < -0.39 is 5.97 Å². The average molecular weight is 387 g/mol. The summed E-state index contributed by atoms with van der Waals surface area (Å²) in [5, 5.41) is 11.4. The Labute approximate surface area is 163 Å². The lowest BCUT2D eigenvalue weighted by atomic mass is 9.93. The number of nitrogens with zero attached hydrogens (tertiary/aromatic N) is 3. The van der Waals surface area contributed by atoms with E-state index in [2.05, 4.69) is 20.3 Å². The zero-order valence-corrected chi connectivity index (χ0v) is 15.8. The lowest BCUT2D eigenvalue weighted by molar-refractivity contribution is -0.129. The molecule has 150 valence electrons. The smallest absolute Gasteiger partial charge is 0.352 e. The highest BCUT2D eigenvalue weighted by Crippen LogP contribution is 2.31. The minimum absolute atomic E-state index is 0.152. The second-order valence-electron chi connectivity index (χ2n) is 6.81. The number of carboxylic acids is 1. The molecule has 9 heteroatoms. The van der Waals surface area contributed by atoms with Crippen molar-refractivity contribution in [2.24, 2.45) is 0 Å². The van der Waals surface area contributed by atoms with Crippen LogP contribution in [0.1, 0.15) is 41.9 Å². The van der Waals surface area contributed by atoms with E-state index in [1.54, 1.807) is 31.6 Å². The van der Waals surface area contributed by atoms with Crippen molar-refractivity contribution in [2.45, 2.75) is 31.8 Å². The van der Waals surface area contributed by atoms with Gasteiger partial charge in [-0.2, -0.15) is 0 Å². The number of carboxylic acid groups (broad SMARTS) is 1. The number of H-pyrrole nitrogens is 1. The van der Waals surface area contributed by atoms with Crippen molar-refractivity contribution in [3.05, 3.63) is 42.1 Å². The highest BCUT2D eigenvalue weighted by Gasteiger charge is 2.28. The lowest BCUT2D eigenvalue weighted by Crippen LogP contribution is -2.50. The van der Waals surface area contributed by atoms with Crippen LogP contribution in [0.25, 0.3) is 0 Å². The Kier molecular flexibility index (Phi) is 6.59. The van der Waals surface area contributed by atoms with Crippen LogP contribution in [0.5, 0.6) is 5.88 Å². The Morgan fingerprint density at radius 3 is 2.43 bits per heavy atom. The van der Waals surface area contributed by atoms with Crippen molar-refractivity contribution >= 4 is 11.9 Å². The molecule has 0 aliphatic carbocycles. The fraction of sp³-hybridized carbons (Fsp3) is 0.474. The van der Waals surface area contributed by atoms with Crippen LogP contribution in [0.15, 0.2) is 30.7 Å². The second kappa shape index (κ2) is 9.32. The number of piperidine rings is 1. The zero-order valence-electron chi connectivity index (χ0n) is 15.8. The molecule has 4 rings (SSSR count). The van der Waals surface area contributed by atoms with Crippen molar-refractivity contribution in [1.29, 1.82) is 0 Å². The molecule has 2 fully saturated rings. The number of nitrogens with one attached hydrogen (secondary N) is 2. The summed E-state index contributed by atoms with van der Waals surface area (Å²) in [5.41, 5.74) is 1.17. The highest BCUT2D eigenvalue weighted by atomic mass is 16.5. The maximum atomic E-state index is 11.4. The number of amides is 1. The Morgan fingerprint density at radius 1 is 1.21 bits per heavy atom. The van der Waals surface area contributed by atoms with Crippen molar-refractivity contribution < 1.29 is 19.4 Å². The first-order chi connectivity index (χ1) is 13.5. The van der Waals surface area contributed by atoms with Gasteiger partial charge in [0.05, 0.1) is 0 Å². The predicted molar refractivity (Wildman–Crippen MR) is 101 cm³/mol. The van der Waals surface area contributed by atoms with Gasteiger partial charge in [-0.3, -0.25) is 9.78 Å². The van der Waals surface area contributed by atoms with Gasteiger partial charge in [-0.05, 0) is 25.0 Å². The van der Waals surface area contributed by atoms with Crippen LogP contribution < -0.4 is 10.1 Å². The molecular formula is C19H25N5O4. The summed E-state index contributed by atoms with van der Waals surface area (Å²) in [6.45, 7) is 4.96. The molecule has 2 aromatic heterocycles. The topological polar surface area (TPSA) is 120 Å². The number of carbonyl (C=O) groups excluding carboxylic acids is 1. The average Bonchev–Trinajstić information content (AvgIpc) is 3.21. The summed E-state index contributed by atoms with van der Waals surface area (Å²) in [7, 11) is 0. The molecule has 0 aromatic carbocycles. The standard InChI is InChI=1S/C14H20N4O2.C5H5NO2/c1-10(19)18-6-2-11(3-7-18)13-14(17-5-4-16-13)20-12-8-15-9-12;7-5(8)4-2-1-3-6-4/h4-5,11-12,15H,2-3,6-9H2,1H3;1-3,6H,(H,7,8). The van der Waals surface area contributed by atoms with Crippen LogP contribution >= 0.6 is 0 Å². The van der Waals surface area contributed by atoms with Crippen molar-refractivity contribution in [3.8, 4) is 5.88 Å². The van der Waals surface area contributed by atoms with E-state index in [9.17, 15) is 9.59 Å². The summed E-state index contributed by atoms with van der Waals surface area (Å²) in [4.78, 5) is 34.6. The first-order valence-corrected chi connectivity index (χ1v) is 9.35. The molecule has 1 amide bonds. The van der Waals surface area contributed by atoms with E-state index in [1.807, 2.05) is 4.90 Å². The van der Waals surface area contributed by atoms with Crippen LogP contribution in [0.2, 0.25) is 0 Å². The third-order valence-corrected chi connectivity index (χ3v) is 4.87. The number of hydrogen-bond donors (Lipinski definition) is 3. The number of aromatic nitrogens is 3. The zero-order chi connectivity index (χ0) is 19.9. The van der Waals surface area contributed by atoms with Crippen LogP contribution in [0.3, 0.4) is 0 Å². The van der Waals surface area contributed by atoms with Gasteiger partial charge in [0.1, 0.15) is 17.5 Å². The number of ether oxygens (including phenoxy) is 1. The molecule has 4 heterocycles. The molecule has 28 heavy (non-hydrogen) atoms. The number of carbonyl (C=O) groups is 2. The van der Waals surface area contributed by atoms with E-state index in [4.69, 9.17) is 9.84 Å². The normalized spacial score (nSPS) is 17.2. The molecular weight excluding hydrogens is 362 g/mol. The van der Waals surface area contributed by atoms with E-state index in [1.165, 1.54) is 6.07 Å². The molecule has 0 unspecified atom stereocenters. The summed E-state index contributed by atoms with van der Waals surface area (Å²) >= 11 is 0. The molecule has 0 spiro atoms. The minimum Gasteiger partial charge on any atom is -0.477 e. The van der Waals surface area contributed by atoms with Gasteiger partial charge in [0.25, 0.3) is 0 Å². The molecule has 0 radical (unpaired) electrons. The number of likely N-dealkylation sites (tertiary alicyclic amines) is 1. The Hall–Kier alpha value is -2.94. The van der Waals surface area contributed by atoms with Gasteiger partial charge in [0, 0.05) is 57.6 Å². The molecule has 2 aliphatic heterocycles. The van der Waals surface area contributed by atoms with Crippen molar-refractivity contribution in [3.63, 3.8) is 0 Å². The van der Waals surface area contributed by atoms with Crippen LogP contribution in [-0.2, 0) is 4.79 Å². The summed E-state index contributed by atoms with van der Waals surface area (Å²) < 4.78 is 5.89. The minimum atomic E-state index is -0.921. The Bertz CT molecular complexity index is 783. The van der Waals surface area contributed by atoms with Crippen LogP contribution in [0.4, 0.5) is 0 Å². The fourth-order valence-electron chi connectivity index (χ4n) is 3.14. The van der Waals surface area contributed by atoms with Crippen LogP contribution in [-0.4, -0.2) is 69.1 Å². The molecule has 0 saturated carbocycles. The van der Waals surface area contributed by atoms with Gasteiger partial charge < -0.3 is 25.0 Å². The first kappa shape index (κ1) is 19.8. The monoisotopic (exact) mass is 387 g/mol. The third kappa shape index (κ3) is 5.07.